The van der Waals surface area contributed by atoms with Crippen LogP contribution >= 0.6 is 22.7 Å². The zero-order valence-electron chi connectivity index (χ0n) is 15.4. The first kappa shape index (κ1) is 19.0. The Morgan fingerprint density at radius 1 is 1.18 bits per heavy atom. The van der Waals surface area contributed by atoms with Crippen LogP contribution in [0, 0.1) is 5.82 Å². The molecule has 0 aliphatic carbocycles. The smallest absolute Gasteiger partial charge is 0.257 e. The minimum atomic E-state index is -0.252. The molecule has 7 heteroatoms. The fourth-order valence-corrected chi connectivity index (χ4v) is 4.84. The topological polar surface area (TPSA) is 35.9 Å². The van der Waals surface area contributed by atoms with E-state index in [1.807, 2.05) is 47.0 Å². The second-order valence-electron chi connectivity index (χ2n) is 6.76. The van der Waals surface area contributed by atoms with E-state index in [-0.39, 0.29) is 24.3 Å². The number of benzene rings is 1. The number of hydrogen-bond donors (Lipinski definition) is 0. The van der Waals surface area contributed by atoms with Crippen molar-refractivity contribution in [2.45, 2.75) is 19.0 Å². The standard InChI is InChI=1S/C21H20FN3OS2/c1-24(13-15-6-2-3-7-16(15)22)14-21(26)25-18(20-9-5-11-28-20)12-17(23-25)19-8-4-10-27-19/h2-11,18H,12-14H2,1H3. The van der Waals surface area contributed by atoms with Gasteiger partial charge in [-0.15, -0.1) is 22.7 Å². The van der Waals surface area contributed by atoms with Gasteiger partial charge in [0.15, 0.2) is 0 Å². The second kappa shape index (κ2) is 8.34. The molecule has 0 bridgehead atoms. The van der Waals surface area contributed by atoms with Gasteiger partial charge in [-0.1, -0.05) is 30.3 Å². The van der Waals surface area contributed by atoms with Crippen molar-refractivity contribution in [3.05, 3.63) is 80.4 Å². The monoisotopic (exact) mass is 413 g/mol. The first-order valence-corrected chi connectivity index (χ1v) is 10.8. The summed E-state index contributed by atoms with van der Waals surface area (Å²) in [7, 11) is 1.82. The minimum absolute atomic E-state index is 0.0774. The molecule has 4 rings (SSSR count). The number of hydrazone groups is 1. The van der Waals surface area contributed by atoms with Gasteiger partial charge in [-0.05, 0) is 36.0 Å². The van der Waals surface area contributed by atoms with Gasteiger partial charge in [0, 0.05) is 23.4 Å². The molecule has 28 heavy (non-hydrogen) atoms. The molecule has 1 amide bonds. The molecule has 1 atom stereocenters. The minimum Gasteiger partial charge on any atom is -0.293 e. The number of likely N-dealkylation sites (N-methyl/N-ethyl adjacent to an activating group) is 1. The number of amides is 1. The van der Waals surface area contributed by atoms with Crippen LogP contribution in [-0.4, -0.2) is 35.1 Å². The van der Waals surface area contributed by atoms with Gasteiger partial charge in [0.2, 0.25) is 0 Å². The van der Waals surface area contributed by atoms with Crippen molar-refractivity contribution in [1.29, 1.82) is 0 Å². The van der Waals surface area contributed by atoms with E-state index in [9.17, 15) is 9.18 Å². The van der Waals surface area contributed by atoms with E-state index in [0.29, 0.717) is 18.5 Å². The van der Waals surface area contributed by atoms with Crippen LogP contribution in [0.2, 0.25) is 0 Å². The van der Waals surface area contributed by atoms with Crippen molar-refractivity contribution in [2.75, 3.05) is 13.6 Å². The van der Waals surface area contributed by atoms with Gasteiger partial charge >= 0.3 is 0 Å². The van der Waals surface area contributed by atoms with Crippen LogP contribution in [0.15, 0.2) is 64.4 Å². The number of halogens is 1. The molecule has 0 radical (unpaired) electrons. The molecule has 1 unspecified atom stereocenters. The summed E-state index contributed by atoms with van der Waals surface area (Å²) in [6.07, 6.45) is 0.712. The van der Waals surface area contributed by atoms with Gasteiger partial charge < -0.3 is 0 Å². The van der Waals surface area contributed by atoms with E-state index in [2.05, 4.69) is 5.10 Å². The van der Waals surface area contributed by atoms with Crippen LogP contribution < -0.4 is 0 Å². The van der Waals surface area contributed by atoms with Crippen LogP contribution in [0.25, 0.3) is 0 Å². The van der Waals surface area contributed by atoms with Crippen LogP contribution in [0.1, 0.15) is 27.8 Å². The quantitative estimate of drug-likeness (QED) is 0.584. The highest BCUT2D eigenvalue weighted by Crippen LogP contribution is 2.36. The molecule has 0 N–H and O–H groups in total. The molecule has 2 aromatic heterocycles. The first-order chi connectivity index (χ1) is 13.6. The molecular formula is C21H20FN3OS2. The van der Waals surface area contributed by atoms with Crippen LogP contribution in [-0.2, 0) is 11.3 Å². The average Bonchev–Trinajstić information content (AvgIpc) is 3.43. The predicted molar refractivity (Wildman–Crippen MR) is 112 cm³/mol. The lowest BCUT2D eigenvalue weighted by Gasteiger charge is -2.24. The first-order valence-electron chi connectivity index (χ1n) is 9.00. The molecule has 144 valence electrons. The van der Waals surface area contributed by atoms with E-state index >= 15 is 0 Å². The molecule has 0 saturated carbocycles. The SMILES string of the molecule is CN(CC(=O)N1N=C(c2cccs2)CC1c1cccs1)Cc1ccccc1F. The number of carbonyl (C=O) groups excluding carboxylic acids is 1. The Balaban J connectivity index is 1.50. The largest absolute Gasteiger partial charge is 0.293 e. The summed E-state index contributed by atoms with van der Waals surface area (Å²) in [5.41, 5.74) is 1.52. The van der Waals surface area contributed by atoms with Crippen LogP contribution in [0.4, 0.5) is 4.39 Å². The van der Waals surface area contributed by atoms with Gasteiger partial charge in [-0.3, -0.25) is 9.69 Å². The fourth-order valence-electron chi connectivity index (χ4n) is 3.31. The van der Waals surface area contributed by atoms with E-state index in [0.717, 1.165) is 15.5 Å². The molecule has 0 fully saturated rings. The summed E-state index contributed by atoms with van der Waals surface area (Å²) in [5.74, 6) is -0.332. The van der Waals surface area contributed by atoms with E-state index < -0.39 is 0 Å². The third-order valence-electron chi connectivity index (χ3n) is 4.65. The Morgan fingerprint density at radius 2 is 1.96 bits per heavy atom. The maximum Gasteiger partial charge on any atom is 0.257 e. The molecule has 1 aliphatic heterocycles. The number of nitrogens with zero attached hydrogens (tertiary/aromatic N) is 3. The number of carbonyl (C=O) groups is 1. The molecule has 4 nitrogen and oxygen atoms in total. The highest BCUT2D eigenvalue weighted by Gasteiger charge is 2.34. The van der Waals surface area contributed by atoms with Crippen LogP contribution in [0.5, 0.6) is 0 Å². The maximum absolute atomic E-state index is 13.9. The van der Waals surface area contributed by atoms with Gasteiger partial charge in [0.05, 0.1) is 23.2 Å². The third-order valence-corrected chi connectivity index (χ3v) is 6.54. The lowest BCUT2D eigenvalue weighted by atomic mass is 10.1. The second-order valence-corrected chi connectivity index (χ2v) is 8.69. The highest BCUT2D eigenvalue weighted by atomic mass is 32.1. The van der Waals surface area contributed by atoms with E-state index in [4.69, 9.17) is 0 Å². The van der Waals surface area contributed by atoms with Crippen molar-refractivity contribution in [3.63, 3.8) is 0 Å². The molecule has 3 aromatic rings. The molecule has 0 saturated heterocycles. The normalized spacial score (nSPS) is 16.6. The van der Waals surface area contributed by atoms with Gasteiger partial charge in [-0.2, -0.15) is 5.10 Å². The van der Waals surface area contributed by atoms with Gasteiger partial charge in [0.1, 0.15) is 5.82 Å². The van der Waals surface area contributed by atoms with Gasteiger partial charge in [-0.25, -0.2) is 9.40 Å². The lowest BCUT2D eigenvalue weighted by molar-refractivity contribution is -0.134. The average molecular weight is 414 g/mol. The van der Waals surface area contributed by atoms with Crippen molar-refractivity contribution >= 4 is 34.3 Å². The lowest BCUT2D eigenvalue weighted by Crippen LogP contribution is -2.36. The number of hydrogen-bond acceptors (Lipinski definition) is 5. The molecular weight excluding hydrogens is 393 g/mol. The summed E-state index contributed by atoms with van der Waals surface area (Å²) in [6, 6.07) is 14.7. The van der Waals surface area contributed by atoms with E-state index in [1.54, 1.807) is 45.9 Å². The molecule has 1 aliphatic rings. The summed E-state index contributed by atoms with van der Waals surface area (Å²) in [4.78, 5) is 17.1. The van der Waals surface area contributed by atoms with Crippen molar-refractivity contribution in [2.24, 2.45) is 5.10 Å². The summed E-state index contributed by atoms with van der Waals surface area (Å²) in [6.45, 7) is 0.550. The third kappa shape index (κ3) is 4.06. The Labute approximate surface area is 171 Å². The highest BCUT2D eigenvalue weighted by molar-refractivity contribution is 7.12. The maximum atomic E-state index is 13.9. The Bertz CT molecular complexity index is 969. The number of rotatable bonds is 6. The molecule has 1 aromatic carbocycles. The Hall–Kier alpha value is -2.35. The van der Waals surface area contributed by atoms with Gasteiger partial charge in [0.25, 0.3) is 5.91 Å². The van der Waals surface area contributed by atoms with Crippen molar-refractivity contribution < 1.29 is 9.18 Å². The van der Waals surface area contributed by atoms with Crippen molar-refractivity contribution in [3.8, 4) is 0 Å². The molecule has 3 heterocycles. The summed E-state index contributed by atoms with van der Waals surface area (Å²) in [5, 5.41) is 10.3. The zero-order valence-corrected chi connectivity index (χ0v) is 17.0. The van der Waals surface area contributed by atoms with Crippen molar-refractivity contribution in [1.82, 2.24) is 9.91 Å². The van der Waals surface area contributed by atoms with Crippen LogP contribution in [0.3, 0.4) is 0 Å². The Kier molecular flexibility index (Phi) is 5.66. The Morgan fingerprint density at radius 3 is 2.68 bits per heavy atom. The van der Waals surface area contributed by atoms with E-state index in [1.165, 1.54) is 6.07 Å². The summed E-state index contributed by atoms with van der Waals surface area (Å²) >= 11 is 3.27. The predicted octanol–water partition coefficient (Wildman–Crippen LogP) is 4.76. The zero-order chi connectivity index (χ0) is 19.5. The fraction of sp³-hybridized carbons (Fsp3) is 0.238. The number of thiophene rings is 2. The summed E-state index contributed by atoms with van der Waals surface area (Å²) < 4.78 is 13.9. The molecule has 0 spiro atoms.